The molecule has 0 saturated carbocycles. The van der Waals surface area contributed by atoms with Crippen molar-refractivity contribution in [3.8, 4) is 5.75 Å². The van der Waals surface area contributed by atoms with Gasteiger partial charge in [0.05, 0.1) is 10.6 Å². The fourth-order valence-electron chi connectivity index (χ4n) is 4.14. The summed E-state index contributed by atoms with van der Waals surface area (Å²) in [5, 5.41) is 2.31. The van der Waals surface area contributed by atoms with Crippen molar-refractivity contribution in [3.05, 3.63) is 119 Å². The molecule has 1 heterocycles. The largest absolute Gasteiger partial charge is 0.471 e. The van der Waals surface area contributed by atoms with Gasteiger partial charge < -0.3 is 9.47 Å². The predicted molar refractivity (Wildman–Crippen MR) is 123 cm³/mol. The van der Waals surface area contributed by atoms with Gasteiger partial charge in [-0.2, -0.15) is 0 Å². The Kier molecular flexibility index (Phi) is 4.76. The summed E-state index contributed by atoms with van der Waals surface area (Å²) in [6.07, 6.45) is 1.88. The van der Waals surface area contributed by atoms with Crippen molar-refractivity contribution in [1.29, 1.82) is 0 Å². The van der Waals surface area contributed by atoms with Gasteiger partial charge in [0.25, 0.3) is 0 Å². The SMILES string of the molecule is CC(=O)OC1=CC(c2ccccc2)(c2ccccc2)Oc2c(Cl)cc3ccccc3c21. The van der Waals surface area contributed by atoms with Gasteiger partial charge in [-0.25, -0.2) is 0 Å². The highest BCUT2D eigenvalue weighted by atomic mass is 35.5. The zero-order valence-electron chi connectivity index (χ0n) is 16.8. The molecule has 1 aliphatic heterocycles. The highest BCUT2D eigenvalue weighted by Gasteiger charge is 2.41. The van der Waals surface area contributed by atoms with Gasteiger partial charge in [0, 0.05) is 24.1 Å². The number of esters is 1. The van der Waals surface area contributed by atoms with Crippen LogP contribution in [-0.4, -0.2) is 5.97 Å². The molecule has 1 aliphatic rings. The summed E-state index contributed by atoms with van der Waals surface area (Å²) in [7, 11) is 0. The maximum atomic E-state index is 12.1. The van der Waals surface area contributed by atoms with Crippen LogP contribution in [0.2, 0.25) is 5.02 Å². The molecule has 0 atom stereocenters. The van der Waals surface area contributed by atoms with Crippen molar-refractivity contribution in [2.75, 3.05) is 0 Å². The van der Waals surface area contributed by atoms with Crippen LogP contribution >= 0.6 is 11.6 Å². The van der Waals surface area contributed by atoms with Crippen molar-refractivity contribution >= 4 is 34.1 Å². The lowest BCUT2D eigenvalue weighted by atomic mass is 9.82. The van der Waals surface area contributed by atoms with Crippen LogP contribution in [-0.2, 0) is 15.1 Å². The summed E-state index contributed by atoms with van der Waals surface area (Å²) in [5.74, 6) is 0.519. The molecule has 31 heavy (non-hydrogen) atoms. The van der Waals surface area contributed by atoms with Crippen LogP contribution in [0.25, 0.3) is 16.5 Å². The number of fused-ring (bicyclic) bond motifs is 3. The lowest BCUT2D eigenvalue weighted by Crippen LogP contribution is -2.35. The van der Waals surface area contributed by atoms with E-state index in [1.807, 2.05) is 97.1 Å². The van der Waals surface area contributed by atoms with Crippen molar-refractivity contribution in [2.45, 2.75) is 12.5 Å². The summed E-state index contributed by atoms with van der Waals surface area (Å²) >= 11 is 6.73. The van der Waals surface area contributed by atoms with Gasteiger partial charge in [-0.1, -0.05) is 96.5 Å². The van der Waals surface area contributed by atoms with E-state index in [-0.39, 0.29) is 0 Å². The molecule has 5 rings (SSSR count). The molecular weight excluding hydrogens is 408 g/mol. The molecule has 4 heteroatoms. The van der Waals surface area contributed by atoms with Gasteiger partial charge in [0.1, 0.15) is 5.76 Å². The molecule has 0 N–H and O–H groups in total. The summed E-state index contributed by atoms with van der Waals surface area (Å²) in [6, 6.07) is 29.4. The molecule has 0 aromatic heterocycles. The zero-order valence-corrected chi connectivity index (χ0v) is 17.6. The Hall–Kier alpha value is -3.56. The second-order valence-corrected chi connectivity index (χ2v) is 7.86. The van der Waals surface area contributed by atoms with E-state index in [4.69, 9.17) is 21.1 Å². The first kappa shape index (κ1) is 19.4. The van der Waals surface area contributed by atoms with Crippen LogP contribution in [0.15, 0.2) is 97.1 Å². The molecule has 0 spiro atoms. The molecule has 0 amide bonds. The van der Waals surface area contributed by atoms with Crippen LogP contribution in [0.3, 0.4) is 0 Å². The second-order valence-electron chi connectivity index (χ2n) is 7.46. The number of ether oxygens (including phenoxy) is 2. The number of halogens is 1. The Balaban J connectivity index is 1.87. The summed E-state index contributed by atoms with van der Waals surface area (Å²) in [5.41, 5.74) is 1.48. The van der Waals surface area contributed by atoms with E-state index in [9.17, 15) is 4.79 Å². The van der Waals surface area contributed by atoms with Crippen LogP contribution < -0.4 is 4.74 Å². The molecule has 152 valence electrons. The molecule has 0 aliphatic carbocycles. The molecule has 0 radical (unpaired) electrons. The Morgan fingerprint density at radius 3 is 2.06 bits per heavy atom. The Labute approximate surface area is 185 Å². The van der Waals surface area contributed by atoms with Crippen molar-refractivity contribution in [2.24, 2.45) is 0 Å². The van der Waals surface area contributed by atoms with Crippen LogP contribution in [0.1, 0.15) is 23.6 Å². The molecule has 0 saturated heterocycles. The quantitative estimate of drug-likeness (QED) is 0.340. The zero-order chi connectivity index (χ0) is 21.4. The molecular formula is C27H19ClO3. The molecule has 4 aromatic rings. The van der Waals surface area contributed by atoms with Crippen molar-refractivity contribution in [3.63, 3.8) is 0 Å². The number of rotatable bonds is 3. The van der Waals surface area contributed by atoms with Crippen molar-refractivity contribution in [1.82, 2.24) is 0 Å². The average Bonchev–Trinajstić information content (AvgIpc) is 2.80. The van der Waals surface area contributed by atoms with E-state index in [2.05, 4.69) is 0 Å². The Morgan fingerprint density at radius 1 is 0.871 bits per heavy atom. The van der Waals surface area contributed by atoms with Crippen molar-refractivity contribution < 1.29 is 14.3 Å². The maximum absolute atomic E-state index is 12.1. The third-order valence-electron chi connectivity index (χ3n) is 5.46. The van der Waals surface area contributed by atoms with E-state index in [0.717, 1.165) is 21.9 Å². The minimum absolute atomic E-state index is 0.404. The summed E-state index contributed by atoms with van der Waals surface area (Å²) in [6.45, 7) is 1.40. The van der Waals surface area contributed by atoms with E-state index >= 15 is 0 Å². The Morgan fingerprint density at radius 2 is 1.45 bits per heavy atom. The van der Waals surface area contributed by atoms with Gasteiger partial charge in [-0.15, -0.1) is 0 Å². The van der Waals surface area contributed by atoms with Gasteiger partial charge >= 0.3 is 5.97 Å². The first-order chi connectivity index (χ1) is 15.1. The number of hydrogen-bond acceptors (Lipinski definition) is 3. The fraction of sp³-hybridized carbons (Fsp3) is 0.0741. The number of carbonyl (C=O) groups excluding carboxylic acids is 1. The van der Waals surface area contributed by atoms with Gasteiger partial charge in [0.15, 0.2) is 11.4 Å². The minimum Gasteiger partial charge on any atom is -0.471 e. The van der Waals surface area contributed by atoms with E-state index in [0.29, 0.717) is 22.1 Å². The second kappa shape index (κ2) is 7.60. The lowest BCUT2D eigenvalue weighted by Gasteiger charge is -2.38. The summed E-state index contributed by atoms with van der Waals surface area (Å²) < 4.78 is 12.5. The van der Waals surface area contributed by atoms with E-state index in [1.165, 1.54) is 6.92 Å². The number of hydrogen-bond donors (Lipinski definition) is 0. The van der Waals surface area contributed by atoms with Crippen LogP contribution in [0.4, 0.5) is 0 Å². The molecule has 0 unspecified atom stereocenters. The Bertz CT molecular complexity index is 1270. The van der Waals surface area contributed by atoms with E-state index in [1.54, 1.807) is 0 Å². The minimum atomic E-state index is -1.01. The topological polar surface area (TPSA) is 35.5 Å². The molecule has 0 fully saturated rings. The van der Waals surface area contributed by atoms with Crippen LogP contribution in [0, 0.1) is 0 Å². The molecule has 4 aromatic carbocycles. The van der Waals surface area contributed by atoms with Gasteiger partial charge in [0.2, 0.25) is 0 Å². The lowest BCUT2D eigenvalue weighted by molar-refractivity contribution is -0.134. The van der Waals surface area contributed by atoms with Crippen LogP contribution in [0.5, 0.6) is 5.75 Å². The highest BCUT2D eigenvalue weighted by molar-refractivity contribution is 6.33. The standard InChI is InChI=1S/C27H19ClO3/c1-18(29)30-24-17-27(20-11-4-2-5-12-20,21-13-6-3-7-14-21)31-26-23(28)16-19-10-8-9-15-22(19)25(24)26/h2-17H,1H3. The molecule has 3 nitrogen and oxygen atoms in total. The highest BCUT2D eigenvalue weighted by Crippen LogP contribution is 2.50. The normalized spacial score (nSPS) is 14.3. The number of benzene rings is 4. The third kappa shape index (κ3) is 3.28. The third-order valence-corrected chi connectivity index (χ3v) is 5.74. The van der Waals surface area contributed by atoms with E-state index < -0.39 is 11.6 Å². The number of carbonyl (C=O) groups is 1. The smallest absolute Gasteiger partial charge is 0.308 e. The monoisotopic (exact) mass is 426 g/mol. The predicted octanol–water partition coefficient (Wildman–Crippen LogP) is 6.73. The fourth-order valence-corrected chi connectivity index (χ4v) is 4.39. The maximum Gasteiger partial charge on any atom is 0.308 e. The average molecular weight is 427 g/mol. The summed E-state index contributed by atoms with van der Waals surface area (Å²) in [4.78, 5) is 12.1. The first-order valence-corrected chi connectivity index (χ1v) is 10.4. The van der Waals surface area contributed by atoms with Gasteiger partial charge in [-0.05, 0) is 16.8 Å². The molecule has 0 bridgehead atoms. The van der Waals surface area contributed by atoms with Gasteiger partial charge in [-0.3, -0.25) is 4.79 Å². The first-order valence-electron chi connectivity index (χ1n) is 10.0.